The molecular formula is C16H14N6O3S3. The van der Waals surface area contributed by atoms with Gasteiger partial charge in [0.15, 0.2) is 5.69 Å². The van der Waals surface area contributed by atoms with Gasteiger partial charge in [-0.05, 0) is 60.1 Å². The van der Waals surface area contributed by atoms with E-state index >= 15 is 0 Å². The lowest BCUT2D eigenvalue weighted by Crippen LogP contribution is -2.32. The molecule has 0 aliphatic rings. The monoisotopic (exact) mass is 434 g/mol. The summed E-state index contributed by atoms with van der Waals surface area (Å²) in [5.41, 5.74) is 2.84. The van der Waals surface area contributed by atoms with Crippen molar-refractivity contribution in [3.05, 3.63) is 67.5 Å². The summed E-state index contributed by atoms with van der Waals surface area (Å²) in [5.74, 6) is 0. The Morgan fingerprint density at radius 1 is 1.25 bits per heavy atom. The van der Waals surface area contributed by atoms with Crippen LogP contribution in [0.4, 0.5) is 5.69 Å². The molecule has 9 nitrogen and oxygen atoms in total. The van der Waals surface area contributed by atoms with Crippen molar-refractivity contribution < 1.29 is 8.42 Å². The number of thiophene rings is 1. The first-order valence-electron chi connectivity index (χ1n) is 7.70. The van der Waals surface area contributed by atoms with Crippen molar-refractivity contribution in [3.8, 4) is 0 Å². The van der Waals surface area contributed by atoms with Gasteiger partial charge in [-0.15, -0.1) is 11.3 Å². The number of nitrogens with zero attached hydrogens (tertiary/aromatic N) is 3. The minimum Gasteiger partial charge on any atom is -0.278 e. The highest BCUT2D eigenvalue weighted by Gasteiger charge is 2.06. The van der Waals surface area contributed by atoms with Gasteiger partial charge in [-0.2, -0.15) is 9.77 Å². The predicted molar refractivity (Wildman–Crippen MR) is 112 cm³/mol. The number of H-pyrrole nitrogens is 1. The highest BCUT2D eigenvalue weighted by molar-refractivity contribution is 7.89. The van der Waals surface area contributed by atoms with Gasteiger partial charge in [0.05, 0.1) is 10.6 Å². The Kier molecular flexibility index (Phi) is 5.94. The van der Waals surface area contributed by atoms with Gasteiger partial charge in [0.1, 0.15) is 6.34 Å². The Balaban J connectivity index is 1.78. The summed E-state index contributed by atoms with van der Waals surface area (Å²) in [6.07, 6.45) is 4.61. The molecule has 0 atom stereocenters. The van der Waals surface area contributed by atoms with Gasteiger partial charge in [-0.1, -0.05) is 6.07 Å². The first-order valence-corrected chi connectivity index (χ1v) is 10.5. The van der Waals surface area contributed by atoms with Gasteiger partial charge < -0.3 is 0 Å². The molecule has 28 heavy (non-hydrogen) atoms. The molecule has 2 heterocycles. The van der Waals surface area contributed by atoms with E-state index < -0.39 is 15.6 Å². The molecule has 1 aromatic carbocycles. The highest BCUT2D eigenvalue weighted by atomic mass is 32.2. The lowest BCUT2D eigenvalue weighted by Gasteiger charge is -2.05. The fourth-order valence-corrected chi connectivity index (χ4v) is 3.38. The molecule has 0 amide bonds. The fraction of sp³-hybridized carbons (Fsp3) is 0. The van der Waals surface area contributed by atoms with Crippen molar-refractivity contribution in [2.75, 3.05) is 5.43 Å². The average Bonchev–Trinajstić information content (AvgIpc) is 3.17. The normalized spacial score (nSPS) is 12.0. The van der Waals surface area contributed by atoms with Crippen molar-refractivity contribution >= 4 is 57.8 Å². The van der Waals surface area contributed by atoms with E-state index in [-0.39, 0.29) is 15.4 Å². The maximum absolute atomic E-state index is 12.5. The third kappa shape index (κ3) is 4.86. The molecule has 0 saturated carbocycles. The average molecular weight is 435 g/mol. The Labute approximate surface area is 168 Å². The summed E-state index contributed by atoms with van der Waals surface area (Å²) in [6, 6.07) is 9.44. The van der Waals surface area contributed by atoms with Crippen LogP contribution in [0.2, 0.25) is 0 Å². The number of aromatic nitrogens is 3. The lowest BCUT2D eigenvalue weighted by atomic mass is 10.3. The van der Waals surface area contributed by atoms with Gasteiger partial charge in [-0.3, -0.25) is 15.3 Å². The molecule has 144 valence electrons. The van der Waals surface area contributed by atoms with Gasteiger partial charge >= 0.3 is 0 Å². The van der Waals surface area contributed by atoms with Crippen LogP contribution in [-0.4, -0.2) is 29.6 Å². The first-order chi connectivity index (χ1) is 13.3. The van der Waals surface area contributed by atoms with Crippen molar-refractivity contribution in [1.82, 2.24) is 14.9 Å². The number of aliphatic imine (C=N–C) groups is 1. The van der Waals surface area contributed by atoms with Crippen molar-refractivity contribution in [2.24, 2.45) is 10.1 Å². The third-order valence-corrected chi connectivity index (χ3v) is 5.45. The topological polar surface area (TPSA) is 135 Å². The largest absolute Gasteiger partial charge is 0.299 e. The van der Waals surface area contributed by atoms with Crippen molar-refractivity contribution in [2.45, 2.75) is 4.90 Å². The third-order valence-electron chi connectivity index (χ3n) is 3.41. The summed E-state index contributed by atoms with van der Waals surface area (Å²) in [7, 11) is -3.76. The van der Waals surface area contributed by atoms with E-state index in [9.17, 15) is 13.2 Å². The molecule has 4 N–H and O–H groups in total. The first kappa shape index (κ1) is 19.8. The molecule has 0 bridgehead atoms. The summed E-state index contributed by atoms with van der Waals surface area (Å²) < 4.78 is 23.6. The van der Waals surface area contributed by atoms with E-state index in [0.717, 1.165) is 9.55 Å². The Morgan fingerprint density at radius 3 is 2.64 bits per heavy atom. The van der Waals surface area contributed by atoms with Crippen molar-refractivity contribution in [3.63, 3.8) is 0 Å². The minimum atomic E-state index is -3.76. The van der Waals surface area contributed by atoms with Crippen LogP contribution in [0.25, 0.3) is 12.2 Å². The van der Waals surface area contributed by atoms with Crippen molar-refractivity contribution in [1.29, 1.82) is 0 Å². The number of sulfonamides is 1. The molecule has 3 rings (SSSR count). The molecule has 0 aliphatic heterocycles. The second-order valence-corrected chi connectivity index (χ2v) is 8.26. The minimum absolute atomic E-state index is 0.0191. The second-order valence-electron chi connectivity index (χ2n) is 5.33. The van der Waals surface area contributed by atoms with E-state index in [1.807, 2.05) is 17.5 Å². The number of primary sulfonamides is 1. The molecule has 2 aromatic heterocycles. The number of hydrogen-bond donors (Lipinski definition) is 3. The second kappa shape index (κ2) is 8.39. The van der Waals surface area contributed by atoms with Gasteiger partial charge in [0.25, 0.3) is 5.56 Å². The zero-order valence-electron chi connectivity index (χ0n) is 14.1. The number of aromatic amines is 1. The number of nitrogens with one attached hydrogen (secondary N) is 2. The molecule has 0 aliphatic carbocycles. The maximum Gasteiger partial charge on any atom is 0.299 e. The molecule has 0 fully saturated rings. The quantitative estimate of drug-likeness (QED) is 0.309. The van der Waals surface area contributed by atoms with E-state index in [1.54, 1.807) is 12.2 Å². The summed E-state index contributed by atoms with van der Waals surface area (Å²) in [5, 5.41) is 13.5. The van der Waals surface area contributed by atoms with Crippen LogP contribution in [0.1, 0.15) is 10.6 Å². The predicted octanol–water partition coefficient (Wildman–Crippen LogP) is 2.08. The van der Waals surface area contributed by atoms with Crippen LogP contribution in [0, 0.1) is 4.77 Å². The number of nitrogens with two attached hydrogens (primary N) is 1. The molecule has 0 unspecified atom stereocenters. The van der Waals surface area contributed by atoms with Crippen LogP contribution < -0.4 is 16.1 Å². The van der Waals surface area contributed by atoms with Gasteiger partial charge in [-0.25, -0.2) is 18.5 Å². The lowest BCUT2D eigenvalue weighted by molar-refractivity contribution is 0.598. The Bertz CT molecular complexity index is 1240. The molecule has 12 heteroatoms. The standard InChI is InChI=1S/C16H14N6O3S3/c17-28(24,25)13-6-3-11(4-7-13)18-10-19-22-15(23)14(20-21-16(22)26)8-5-12-2-1-9-27-12/h1-10H,(H,18,19)(H,21,26)(H2,17,24,25)/b8-5+. The van der Waals surface area contributed by atoms with E-state index in [0.29, 0.717) is 5.69 Å². The molecule has 3 aromatic rings. The zero-order chi connectivity index (χ0) is 20.1. The van der Waals surface area contributed by atoms with E-state index in [4.69, 9.17) is 17.4 Å². The number of hydrogen-bond acceptors (Lipinski definition) is 7. The maximum atomic E-state index is 12.5. The molecule has 0 spiro atoms. The molecule has 0 saturated heterocycles. The smallest absolute Gasteiger partial charge is 0.278 e. The number of rotatable bonds is 6. The van der Waals surface area contributed by atoms with Crippen LogP contribution >= 0.6 is 23.6 Å². The SMILES string of the molecule is NS(=O)(=O)c1ccc(N=CNn2c(=S)[nH]nc(/C=C/c3cccs3)c2=O)cc1. The van der Waals surface area contributed by atoms with Gasteiger partial charge in [0.2, 0.25) is 14.8 Å². The Hall–Kier alpha value is -2.93. The number of benzene rings is 1. The summed E-state index contributed by atoms with van der Waals surface area (Å²) >= 11 is 6.60. The van der Waals surface area contributed by atoms with Crippen LogP contribution in [0.3, 0.4) is 0 Å². The molecule has 0 radical (unpaired) electrons. The van der Waals surface area contributed by atoms with Crippen LogP contribution in [0.15, 0.2) is 56.5 Å². The fourth-order valence-electron chi connectivity index (χ4n) is 2.07. The van der Waals surface area contributed by atoms with Crippen LogP contribution in [-0.2, 0) is 10.0 Å². The van der Waals surface area contributed by atoms with Crippen LogP contribution in [0.5, 0.6) is 0 Å². The van der Waals surface area contributed by atoms with E-state index in [2.05, 4.69) is 20.6 Å². The zero-order valence-corrected chi connectivity index (χ0v) is 16.6. The van der Waals surface area contributed by atoms with E-state index in [1.165, 1.54) is 41.9 Å². The summed E-state index contributed by atoms with van der Waals surface area (Å²) in [6.45, 7) is 0. The Morgan fingerprint density at radius 2 is 2.00 bits per heavy atom. The van der Waals surface area contributed by atoms with Gasteiger partial charge in [0, 0.05) is 4.88 Å². The summed E-state index contributed by atoms with van der Waals surface area (Å²) in [4.78, 5) is 17.6. The molecular weight excluding hydrogens is 420 g/mol. The highest BCUT2D eigenvalue weighted by Crippen LogP contribution is 2.14.